The van der Waals surface area contributed by atoms with Gasteiger partial charge in [0.1, 0.15) is 5.69 Å². The third kappa shape index (κ3) is 3.98. The molecule has 1 saturated carbocycles. The molecule has 1 fully saturated rings. The van der Waals surface area contributed by atoms with Gasteiger partial charge in [0, 0.05) is 31.3 Å². The molecule has 1 aliphatic rings. The molecule has 0 N–H and O–H groups in total. The first-order valence-electron chi connectivity index (χ1n) is 8.33. The maximum atomic E-state index is 13.3. The number of carbonyl (C=O) groups excluding carboxylic acids is 2. The number of aromatic nitrogens is 3. The van der Waals surface area contributed by atoms with Crippen molar-refractivity contribution in [2.75, 3.05) is 17.2 Å². The lowest BCUT2D eigenvalue weighted by Gasteiger charge is -2.33. The lowest BCUT2D eigenvalue weighted by molar-refractivity contribution is -0.156. The fraction of sp³-hybridized carbons (Fsp3) is 0.412. The average Bonchev–Trinajstić information content (AvgIpc) is 3.04. The summed E-state index contributed by atoms with van der Waals surface area (Å²) in [5.41, 5.74) is 1.14. The predicted molar refractivity (Wildman–Crippen MR) is 99.8 cm³/mol. The van der Waals surface area contributed by atoms with E-state index >= 15 is 0 Å². The van der Waals surface area contributed by atoms with Crippen LogP contribution in [-0.2, 0) is 9.59 Å². The van der Waals surface area contributed by atoms with E-state index in [1.165, 1.54) is 9.58 Å². The summed E-state index contributed by atoms with van der Waals surface area (Å²) in [4.78, 5) is 28.9. The van der Waals surface area contributed by atoms with Crippen LogP contribution in [0.1, 0.15) is 19.8 Å². The molecule has 2 aromatic rings. The molecule has 2 heterocycles. The molecule has 1 amide bonds. The second kappa shape index (κ2) is 7.93. The van der Waals surface area contributed by atoms with Crippen LogP contribution in [-0.4, -0.2) is 49.9 Å². The Morgan fingerprint density at radius 2 is 2.30 bits per heavy atom. The molecule has 0 spiro atoms. The number of hydrogen-bond donors (Lipinski definition) is 0. The van der Waals surface area contributed by atoms with Crippen molar-refractivity contribution in [3.8, 4) is 5.69 Å². The molecule has 0 radical (unpaired) electrons. The highest BCUT2D eigenvalue weighted by Gasteiger charge is 2.57. The molecule has 1 unspecified atom stereocenters. The number of pyridine rings is 1. The highest BCUT2D eigenvalue weighted by atomic mass is 35.5. The molecular formula is C17H17ClF2N4O2S. The van der Waals surface area contributed by atoms with Crippen molar-refractivity contribution in [2.24, 2.45) is 0 Å². The summed E-state index contributed by atoms with van der Waals surface area (Å²) in [5.74, 6) is -4.34. The van der Waals surface area contributed by atoms with E-state index in [9.17, 15) is 18.4 Å². The minimum absolute atomic E-state index is 0.0632. The molecule has 0 aliphatic heterocycles. The molecule has 2 aromatic heterocycles. The average molecular weight is 415 g/mol. The summed E-state index contributed by atoms with van der Waals surface area (Å²) >= 11 is 7.14. The van der Waals surface area contributed by atoms with Gasteiger partial charge < -0.3 is 4.90 Å². The highest BCUT2D eigenvalue weighted by molar-refractivity contribution is 8.00. The number of ketones is 1. The van der Waals surface area contributed by atoms with E-state index in [0.717, 1.165) is 11.8 Å². The van der Waals surface area contributed by atoms with Crippen LogP contribution in [0.5, 0.6) is 0 Å². The SMILES string of the molecule is CCN(C(=O)CCSC1CC(=O)C1(F)F)c1cn(-c2cccnc2)nc1Cl. The number of rotatable bonds is 7. The second-order valence-corrected chi connectivity index (χ2v) is 7.63. The Kier molecular flexibility index (Phi) is 5.81. The van der Waals surface area contributed by atoms with E-state index in [1.807, 2.05) is 0 Å². The van der Waals surface area contributed by atoms with Gasteiger partial charge in [0.15, 0.2) is 5.15 Å². The maximum absolute atomic E-state index is 13.3. The van der Waals surface area contributed by atoms with Gasteiger partial charge in [-0.15, -0.1) is 0 Å². The molecule has 0 saturated heterocycles. The quantitative estimate of drug-likeness (QED) is 0.694. The number of thioether (sulfide) groups is 1. The van der Waals surface area contributed by atoms with E-state index < -0.39 is 17.0 Å². The predicted octanol–water partition coefficient (Wildman–Crippen LogP) is 3.37. The Morgan fingerprint density at radius 3 is 2.89 bits per heavy atom. The Bertz CT molecular complexity index is 847. The third-order valence-electron chi connectivity index (χ3n) is 4.25. The Labute approximate surface area is 163 Å². The van der Waals surface area contributed by atoms with Crippen LogP contribution in [0, 0.1) is 0 Å². The molecule has 0 bridgehead atoms. The fourth-order valence-electron chi connectivity index (χ4n) is 2.70. The minimum Gasteiger partial charge on any atom is -0.308 e. The van der Waals surface area contributed by atoms with E-state index in [4.69, 9.17) is 11.6 Å². The van der Waals surface area contributed by atoms with Gasteiger partial charge in [-0.1, -0.05) is 11.6 Å². The molecule has 1 aliphatic carbocycles. The zero-order valence-corrected chi connectivity index (χ0v) is 16.0. The van der Waals surface area contributed by atoms with Crippen molar-refractivity contribution in [3.05, 3.63) is 35.9 Å². The first-order chi connectivity index (χ1) is 12.8. The summed E-state index contributed by atoms with van der Waals surface area (Å²) in [7, 11) is 0. The zero-order chi connectivity index (χ0) is 19.6. The number of hydrogen-bond acceptors (Lipinski definition) is 5. The molecule has 6 nitrogen and oxygen atoms in total. The fourth-order valence-corrected chi connectivity index (χ4v) is 4.11. The largest absolute Gasteiger partial charge is 0.317 e. The molecule has 27 heavy (non-hydrogen) atoms. The Hall–Kier alpha value is -2.00. The van der Waals surface area contributed by atoms with Crippen LogP contribution in [0.2, 0.25) is 5.15 Å². The van der Waals surface area contributed by atoms with Crippen LogP contribution in [0.15, 0.2) is 30.7 Å². The number of anilines is 1. The molecule has 144 valence electrons. The number of carbonyl (C=O) groups is 2. The molecule has 10 heteroatoms. The van der Waals surface area contributed by atoms with Crippen LogP contribution >= 0.6 is 23.4 Å². The first kappa shape index (κ1) is 19.8. The molecule has 3 rings (SSSR count). The van der Waals surface area contributed by atoms with E-state index in [2.05, 4.69) is 10.1 Å². The third-order valence-corrected chi connectivity index (χ3v) is 5.83. The summed E-state index contributed by atoms with van der Waals surface area (Å²) in [6, 6.07) is 3.56. The summed E-state index contributed by atoms with van der Waals surface area (Å²) in [5, 5.41) is 3.32. The van der Waals surface area contributed by atoms with Crippen LogP contribution in [0.25, 0.3) is 5.69 Å². The van der Waals surface area contributed by atoms with Crippen LogP contribution in [0.3, 0.4) is 0 Å². The van der Waals surface area contributed by atoms with Gasteiger partial charge in [-0.05, 0) is 19.1 Å². The highest BCUT2D eigenvalue weighted by Crippen LogP contribution is 2.42. The Balaban J connectivity index is 1.64. The Morgan fingerprint density at radius 1 is 1.52 bits per heavy atom. The second-order valence-electron chi connectivity index (χ2n) is 5.96. The molecule has 0 aromatic carbocycles. The van der Waals surface area contributed by atoms with Crippen molar-refractivity contribution < 1.29 is 18.4 Å². The zero-order valence-electron chi connectivity index (χ0n) is 14.4. The molecule has 1 atom stereocenters. The monoisotopic (exact) mass is 414 g/mol. The standard InChI is InChI=1S/C17H17ClF2N4O2S/c1-2-23(15(26)5-7-27-14-8-13(25)17(14,19)20)12-10-24(22-16(12)18)11-4-3-6-21-9-11/h3-4,6,9-10,14H,2,5,7-8H2,1H3. The van der Waals surface area contributed by atoms with Gasteiger partial charge in [0.05, 0.1) is 23.3 Å². The summed E-state index contributed by atoms with van der Waals surface area (Å²) < 4.78 is 28.2. The lowest BCUT2D eigenvalue weighted by Crippen LogP contribution is -2.52. The van der Waals surface area contributed by atoms with Crippen molar-refractivity contribution >= 4 is 40.7 Å². The number of Topliss-reactive ketones (excluding diaryl/α,β-unsaturated/α-hetero) is 1. The van der Waals surface area contributed by atoms with Crippen molar-refractivity contribution in [1.82, 2.24) is 14.8 Å². The smallest absolute Gasteiger partial charge is 0.308 e. The number of halogens is 3. The minimum atomic E-state index is -3.27. The van der Waals surface area contributed by atoms with Gasteiger partial charge in [0.25, 0.3) is 0 Å². The van der Waals surface area contributed by atoms with Crippen LogP contribution in [0.4, 0.5) is 14.5 Å². The van der Waals surface area contributed by atoms with Gasteiger partial charge >= 0.3 is 5.92 Å². The number of nitrogens with zero attached hydrogens (tertiary/aromatic N) is 4. The normalized spacial score (nSPS) is 18.2. The molecular weight excluding hydrogens is 398 g/mol. The van der Waals surface area contributed by atoms with Gasteiger partial charge in [-0.3, -0.25) is 14.6 Å². The summed E-state index contributed by atoms with van der Waals surface area (Å²) in [6.45, 7) is 2.15. The maximum Gasteiger partial charge on any atom is 0.317 e. The first-order valence-corrected chi connectivity index (χ1v) is 9.76. The van der Waals surface area contributed by atoms with E-state index in [-0.39, 0.29) is 29.7 Å². The van der Waals surface area contributed by atoms with Crippen LogP contribution < -0.4 is 4.90 Å². The number of alkyl halides is 2. The number of amides is 1. The lowest BCUT2D eigenvalue weighted by atomic mass is 9.92. The topological polar surface area (TPSA) is 68.1 Å². The summed E-state index contributed by atoms with van der Waals surface area (Å²) in [6.07, 6.45) is 4.80. The van der Waals surface area contributed by atoms with Gasteiger partial charge in [-0.25, -0.2) is 4.68 Å². The van der Waals surface area contributed by atoms with Crippen molar-refractivity contribution in [2.45, 2.75) is 30.9 Å². The van der Waals surface area contributed by atoms with E-state index in [0.29, 0.717) is 17.9 Å². The van der Waals surface area contributed by atoms with Gasteiger partial charge in [0.2, 0.25) is 11.7 Å². The van der Waals surface area contributed by atoms with E-state index in [1.54, 1.807) is 37.6 Å². The van der Waals surface area contributed by atoms with Crippen molar-refractivity contribution in [1.29, 1.82) is 0 Å². The van der Waals surface area contributed by atoms with Crippen molar-refractivity contribution in [3.63, 3.8) is 0 Å². The van der Waals surface area contributed by atoms with Gasteiger partial charge in [-0.2, -0.15) is 25.6 Å².